The number of nitrogens with zero attached hydrogens (tertiary/aromatic N) is 6. The molecule has 4 N–H and O–H groups in total. The van der Waals surface area contributed by atoms with E-state index >= 15 is 0 Å². The smallest absolute Gasteiger partial charge is 0.324 e. The third-order valence-electron chi connectivity index (χ3n) is 6.29. The Balaban J connectivity index is 1.35. The molecule has 5 rings (SSSR count). The molecule has 0 aliphatic rings. The summed E-state index contributed by atoms with van der Waals surface area (Å²) in [4.78, 5) is 25.5. The van der Waals surface area contributed by atoms with Gasteiger partial charge in [0, 0.05) is 22.9 Å². The largest absolute Gasteiger partial charge is 0.382 e. The first-order chi connectivity index (χ1) is 18.1. The van der Waals surface area contributed by atoms with E-state index in [9.17, 15) is 4.79 Å². The zero-order chi connectivity index (χ0) is 27.0. The summed E-state index contributed by atoms with van der Waals surface area (Å²) in [6.45, 7) is 10.6. The number of anilines is 3. The predicted octanol–water partition coefficient (Wildman–Crippen LogP) is 5.65. The van der Waals surface area contributed by atoms with Crippen LogP contribution in [0.4, 0.5) is 22.1 Å². The molecular formula is C28H31N9O. The van der Waals surface area contributed by atoms with Crippen molar-refractivity contribution >= 4 is 34.5 Å². The summed E-state index contributed by atoms with van der Waals surface area (Å²) in [6, 6.07) is 17.1. The van der Waals surface area contributed by atoms with Gasteiger partial charge in [0.15, 0.2) is 17.0 Å². The number of hydrogen-bond donors (Lipinski definition) is 3. The lowest BCUT2D eigenvalue weighted by atomic mass is 9.92. The van der Waals surface area contributed by atoms with Crippen LogP contribution in [0.1, 0.15) is 51.8 Å². The highest BCUT2D eigenvalue weighted by atomic mass is 16.2. The van der Waals surface area contributed by atoms with Crippen molar-refractivity contribution in [3.63, 3.8) is 0 Å². The number of aromatic nitrogens is 6. The highest BCUT2D eigenvalue weighted by molar-refractivity contribution is 5.99. The van der Waals surface area contributed by atoms with Crippen LogP contribution in [-0.4, -0.2) is 35.3 Å². The monoisotopic (exact) mass is 509 g/mol. The van der Waals surface area contributed by atoms with Gasteiger partial charge < -0.3 is 11.1 Å². The van der Waals surface area contributed by atoms with Gasteiger partial charge in [0.1, 0.15) is 18.5 Å². The lowest BCUT2D eigenvalue weighted by molar-refractivity contribution is 0.262. The average molecular weight is 510 g/mol. The molecule has 0 spiro atoms. The second-order valence-electron chi connectivity index (χ2n) is 10.5. The van der Waals surface area contributed by atoms with E-state index in [2.05, 4.69) is 72.3 Å². The Labute approximate surface area is 220 Å². The molecular weight excluding hydrogens is 478 g/mol. The fourth-order valence-electron chi connectivity index (χ4n) is 4.06. The number of amides is 2. The topological polar surface area (TPSA) is 129 Å². The maximum atomic E-state index is 13.0. The molecule has 0 aliphatic carbocycles. The fourth-order valence-corrected chi connectivity index (χ4v) is 4.06. The van der Waals surface area contributed by atoms with Crippen molar-refractivity contribution in [1.82, 2.24) is 29.3 Å². The van der Waals surface area contributed by atoms with Gasteiger partial charge in [-0.2, -0.15) is 5.10 Å². The molecule has 194 valence electrons. The quantitative estimate of drug-likeness (QED) is 0.281. The zero-order valence-electron chi connectivity index (χ0n) is 22.1. The number of nitrogens with two attached hydrogens (primary N) is 1. The summed E-state index contributed by atoms with van der Waals surface area (Å²) in [5.74, 6) is 1.34. The number of carbonyl (C=O) groups excluding carboxylic acids is 1. The highest BCUT2D eigenvalue weighted by Crippen LogP contribution is 2.27. The van der Waals surface area contributed by atoms with E-state index in [0.717, 1.165) is 17.1 Å². The summed E-state index contributed by atoms with van der Waals surface area (Å²) in [5, 5.41) is 10.7. The van der Waals surface area contributed by atoms with E-state index < -0.39 is 0 Å². The molecule has 0 saturated heterocycles. The lowest BCUT2D eigenvalue weighted by Crippen LogP contribution is -2.21. The molecule has 2 aromatic carbocycles. The van der Waals surface area contributed by atoms with Crippen molar-refractivity contribution in [2.75, 3.05) is 16.4 Å². The Morgan fingerprint density at radius 1 is 0.921 bits per heavy atom. The predicted molar refractivity (Wildman–Crippen MR) is 150 cm³/mol. The van der Waals surface area contributed by atoms with Crippen LogP contribution in [-0.2, 0) is 5.41 Å². The number of carbonyl (C=O) groups is 1. The van der Waals surface area contributed by atoms with E-state index in [1.165, 1.54) is 11.9 Å². The Bertz CT molecular complexity index is 1590. The summed E-state index contributed by atoms with van der Waals surface area (Å²) >= 11 is 0. The summed E-state index contributed by atoms with van der Waals surface area (Å²) in [6.07, 6.45) is 3.05. The molecule has 0 radical (unpaired) electrons. The number of rotatable bonds is 5. The van der Waals surface area contributed by atoms with Gasteiger partial charge in [-0.05, 0) is 47.9 Å². The van der Waals surface area contributed by atoms with Crippen LogP contribution in [0.25, 0.3) is 22.5 Å². The SMILES string of the molecule is CC(C)c1ccc(-n2nc(C(C)(C)C)cc2NC(=O)Nc2ccc(-n3cnc4c(N)ncnc43)cc2)cc1. The molecule has 38 heavy (non-hydrogen) atoms. The first kappa shape index (κ1) is 24.9. The summed E-state index contributed by atoms with van der Waals surface area (Å²) in [7, 11) is 0. The molecule has 0 unspecified atom stereocenters. The second-order valence-corrected chi connectivity index (χ2v) is 10.5. The Hall–Kier alpha value is -4.73. The minimum Gasteiger partial charge on any atom is -0.382 e. The van der Waals surface area contributed by atoms with Crippen LogP contribution in [0.15, 0.2) is 67.3 Å². The van der Waals surface area contributed by atoms with Crippen LogP contribution in [0.5, 0.6) is 0 Å². The van der Waals surface area contributed by atoms with E-state index in [1.54, 1.807) is 11.0 Å². The first-order valence-corrected chi connectivity index (χ1v) is 12.4. The van der Waals surface area contributed by atoms with Crippen molar-refractivity contribution in [3.8, 4) is 11.4 Å². The second kappa shape index (κ2) is 9.62. The summed E-state index contributed by atoms with van der Waals surface area (Å²) < 4.78 is 3.58. The van der Waals surface area contributed by atoms with E-state index in [0.29, 0.717) is 34.4 Å². The van der Waals surface area contributed by atoms with E-state index in [1.807, 2.05) is 47.0 Å². The zero-order valence-corrected chi connectivity index (χ0v) is 22.1. The number of nitrogen functional groups attached to an aromatic ring is 1. The highest BCUT2D eigenvalue weighted by Gasteiger charge is 2.22. The maximum Gasteiger partial charge on any atom is 0.324 e. The minimum absolute atomic E-state index is 0.182. The van der Waals surface area contributed by atoms with Crippen molar-refractivity contribution < 1.29 is 4.79 Å². The third kappa shape index (κ3) is 4.93. The number of urea groups is 1. The molecule has 10 nitrogen and oxygen atoms in total. The average Bonchev–Trinajstić information content (AvgIpc) is 3.50. The van der Waals surface area contributed by atoms with E-state index in [4.69, 9.17) is 10.8 Å². The van der Waals surface area contributed by atoms with Crippen molar-refractivity contribution in [1.29, 1.82) is 0 Å². The number of hydrogen-bond acceptors (Lipinski definition) is 6. The minimum atomic E-state index is -0.369. The summed E-state index contributed by atoms with van der Waals surface area (Å²) in [5.41, 5.74) is 11.3. The molecule has 0 fully saturated rings. The van der Waals surface area contributed by atoms with Gasteiger partial charge in [-0.15, -0.1) is 0 Å². The number of benzene rings is 2. The van der Waals surface area contributed by atoms with Crippen LogP contribution < -0.4 is 16.4 Å². The number of nitrogens with one attached hydrogen (secondary N) is 2. The van der Waals surface area contributed by atoms with Crippen LogP contribution >= 0.6 is 0 Å². The molecule has 2 amide bonds. The maximum absolute atomic E-state index is 13.0. The Kier molecular flexibility index (Phi) is 6.31. The van der Waals surface area contributed by atoms with Crippen LogP contribution in [0.3, 0.4) is 0 Å². The van der Waals surface area contributed by atoms with Gasteiger partial charge >= 0.3 is 6.03 Å². The standard InChI is InChI=1S/C28H31N9O/c1-17(2)18-6-10-21(11-7-18)37-23(14-22(35-37)28(3,4)5)34-27(38)33-19-8-12-20(13-9-19)36-16-32-24-25(29)30-15-31-26(24)36/h6-17H,1-5H3,(H2,29,30,31)(H2,33,34,38). The molecule has 3 heterocycles. The van der Waals surface area contributed by atoms with Gasteiger partial charge in [0.2, 0.25) is 0 Å². The molecule has 0 saturated carbocycles. The number of imidazole rings is 1. The first-order valence-electron chi connectivity index (χ1n) is 12.4. The van der Waals surface area contributed by atoms with Crippen LogP contribution in [0.2, 0.25) is 0 Å². The van der Waals surface area contributed by atoms with Gasteiger partial charge in [-0.1, -0.05) is 46.8 Å². The van der Waals surface area contributed by atoms with Crippen molar-refractivity contribution in [2.45, 2.75) is 46.0 Å². The van der Waals surface area contributed by atoms with Gasteiger partial charge in [-0.3, -0.25) is 9.88 Å². The lowest BCUT2D eigenvalue weighted by Gasteiger charge is -2.14. The molecule has 5 aromatic rings. The normalized spacial score (nSPS) is 11.7. The fraction of sp³-hybridized carbons (Fsp3) is 0.250. The van der Waals surface area contributed by atoms with Crippen molar-refractivity contribution in [2.24, 2.45) is 0 Å². The van der Waals surface area contributed by atoms with Gasteiger partial charge in [0.25, 0.3) is 0 Å². The van der Waals surface area contributed by atoms with Crippen molar-refractivity contribution in [3.05, 3.63) is 78.5 Å². The molecule has 10 heteroatoms. The third-order valence-corrected chi connectivity index (χ3v) is 6.29. The Morgan fingerprint density at radius 3 is 2.26 bits per heavy atom. The van der Waals surface area contributed by atoms with Gasteiger partial charge in [-0.25, -0.2) is 24.4 Å². The molecule has 0 bridgehead atoms. The number of fused-ring (bicyclic) bond motifs is 1. The van der Waals surface area contributed by atoms with E-state index in [-0.39, 0.29) is 11.4 Å². The van der Waals surface area contributed by atoms with Gasteiger partial charge in [0.05, 0.1) is 11.4 Å². The Morgan fingerprint density at radius 2 is 1.61 bits per heavy atom. The molecule has 0 atom stereocenters. The molecule has 3 aromatic heterocycles. The molecule has 0 aliphatic heterocycles. The van der Waals surface area contributed by atoms with Crippen LogP contribution in [0, 0.1) is 0 Å².